The zero-order chi connectivity index (χ0) is 11.4. The molecule has 0 saturated heterocycles. The third-order valence-electron chi connectivity index (χ3n) is 2.28. The van der Waals surface area contributed by atoms with E-state index < -0.39 is 0 Å². The van der Waals surface area contributed by atoms with Crippen molar-refractivity contribution in [1.29, 1.82) is 5.26 Å². The van der Waals surface area contributed by atoms with Gasteiger partial charge in [-0.05, 0) is 31.0 Å². The highest BCUT2D eigenvalue weighted by Crippen LogP contribution is 2.25. The average molecular weight is 203 g/mol. The second-order valence-corrected chi connectivity index (χ2v) is 3.24. The van der Waals surface area contributed by atoms with Crippen LogP contribution >= 0.6 is 0 Å². The lowest BCUT2D eigenvalue weighted by Gasteiger charge is -2.09. The van der Waals surface area contributed by atoms with Crippen LogP contribution in [0.5, 0.6) is 5.75 Å². The molecule has 0 bridgehead atoms. The van der Waals surface area contributed by atoms with Gasteiger partial charge in [-0.3, -0.25) is 4.79 Å². The van der Waals surface area contributed by atoms with Gasteiger partial charge in [-0.1, -0.05) is 6.92 Å². The molecule has 0 spiro atoms. The van der Waals surface area contributed by atoms with Crippen molar-refractivity contribution in [2.75, 3.05) is 7.11 Å². The Morgan fingerprint density at radius 2 is 2.20 bits per heavy atom. The molecule has 0 saturated carbocycles. The number of aryl methyl sites for hydroxylation is 1. The lowest BCUT2D eigenvalue weighted by molar-refractivity contribution is 0.101. The van der Waals surface area contributed by atoms with Gasteiger partial charge < -0.3 is 4.74 Å². The second kappa shape index (κ2) is 4.61. The van der Waals surface area contributed by atoms with Crippen LogP contribution < -0.4 is 4.74 Å². The Morgan fingerprint density at radius 3 is 2.60 bits per heavy atom. The number of nitriles is 1. The van der Waals surface area contributed by atoms with Gasteiger partial charge in [0.25, 0.3) is 0 Å². The van der Waals surface area contributed by atoms with Crippen molar-refractivity contribution in [3.05, 3.63) is 28.8 Å². The molecule has 3 nitrogen and oxygen atoms in total. The Hall–Kier alpha value is -1.82. The monoisotopic (exact) mass is 203 g/mol. The maximum atomic E-state index is 11.2. The minimum atomic E-state index is -0.0381. The Labute approximate surface area is 89.3 Å². The molecular formula is C12H13NO2. The van der Waals surface area contributed by atoms with E-state index in [1.165, 1.54) is 14.0 Å². The van der Waals surface area contributed by atoms with E-state index in [1.807, 2.05) is 13.0 Å². The fourth-order valence-electron chi connectivity index (χ4n) is 1.48. The summed E-state index contributed by atoms with van der Waals surface area (Å²) in [6, 6.07) is 5.39. The Balaban J connectivity index is 3.44. The van der Waals surface area contributed by atoms with E-state index in [0.29, 0.717) is 16.9 Å². The summed E-state index contributed by atoms with van der Waals surface area (Å²) >= 11 is 0. The van der Waals surface area contributed by atoms with Gasteiger partial charge in [0.1, 0.15) is 11.8 Å². The van der Waals surface area contributed by atoms with Crippen LogP contribution in [0.2, 0.25) is 0 Å². The number of ketones is 1. The third kappa shape index (κ3) is 2.16. The fourth-order valence-corrected chi connectivity index (χ4v) is 1.48. The summed E-state index contributed by atoms with van der Waals surface area (Å²) in [5.74, 6) is 0.536. The molecule has 3 heteroatoms. The number of hydrogen-bond donors (Lipinski definition) is 0. The van der Waals surface area contributed by atoms with Gasteiger partial charge in [-0.15, -0.1) is 0 Å². The van der Waals surface area contributed by atoms with E-state index in [9.17, 15) is 4.79 Å². The van der Waals surface area contributed by atoms with E-state index in [4.69, 9.17) is 10.00 Å². The molecule has 15 heavy (non-hydrogen) atoms. The fraction of sp³-hybridized carbons (Fsp3) is 0.333. The number of carbonyl (C=O) groups is 1. The first-order chi connectivity index (χ1) is 7.13. The van der Waals surface area contributed by atoms with Gasteiger partial charge in [0, 0.05) is 5.56 Å². The quantitative estimate of drug-likeness (QED) is 0.708. The van der Waals surface area contributed by atoms with Gasteiger partial charge in [0.15, 0.2) is 5.78 Å². The van der Waals surface area contributed by atoms with Crippen molar-refractivity contribution >= 4 is 5.78 Å². The molecule has 0 aromatic heterocycles. The first-order valence-electron chi connectivity index (χ1n) is 4.76. The number of ether oxygens (including phenoxy) is 1. The van der Waals surface area contributed by atoms with Crippen molar-refractivity contribution in [2.24, 2.45) is 0 Å². The summed E-state index contributed by atoms with van der Waals surface area (Å²) in [4.78, 5) is 11.2. The summed E-state index contributed by atoms with van der Waals surface area (Å²) in [6.45, 7) is 3.45. The highest BCUT2D eigenvalue weighted by molar-refractivity contribution is 5.95. The lowest BCUT2D eigenvalue weighted by atomic mass is 10.0. The Kier molecular flexibility index (Phi) is 3.46. The second-order valence-electron chi connectivity index (χ2n) is 3.24. The molecule has 1 aromatic carbocycles. The zero-order valence-electron chi connectivity index (χ0n) is 9.13. The summed E-state index contributed by atoms with van der Waals surface area (Å²) in [5.41, 5.74) is 1.87. The first kappa shape index (κ1) is 11.3. The first-order valence-corrected chi connectivity index (χ1v) is 4.76. The van der Waals surface area contributed by atoms with Gasteiger partial charge in [0.2, 0.25) is 0 Å². The smallest absolute Gasteiger partial charge is 0.159 e. The van der Waals surface area contributed by atoms with Crippen molar-refractivity contribution in [2.45, 2.75) is 20.3 Å². The highest BCUT2D eigenvalue weighted by atomic mass is 16.5. The van der Waals surface area contributed by atoms with Crippen molar-refractivity contribution in [3.8, 4) is 11.8 Å². The molecule has 0 atom stereocenters. The molecule has 0 unspecified atom stereocenters. The molecule has 0 N–H and O–H groups in total. The number of nitrogens with zero attached hydrogens (tertiary/aromatic N) is 1. The normalized spacial score (nSPS) is 9.47. The minimum absolute atomic E-state index is 0.0381. The number of carbonyl (C=O) groups excluding carboxylic acids is 1. The maximum Gasteiger partial charge on any atom is 0.159 e. The van der Waals surface area contributed by atoms with Crippen molar-refractivity contribution in [1.82, 2.24) is 0 Å². The topological polar surface area (TPSA) is 50.1 Å². The van der Waals surface area contributed by atoms with Crippen LogP contribution in [0.25, 0.3) is 0 Å². The van der Waals surface area contributed by atoms with Crippen molar-refractivity contribution in [3.63, 3.8) is 0 Å². The largest absolute Gasteiger partial charge is 0.495 e. The number of rotatable bonds is 3. The Morgan fingerprint density at radius 1 is 1.53 bits per heavy atom. The van der Waals surface area contributed by atoms with E-state index in [0.717, 1.165) is 12.0 Å². The van der Waals surface area contributed by atoms with E-state index in [2.05, 4.69) is 0 Å². The number of hydrogen-bond acceptors (Lipinski definition) is 3. The molecule has 1 aromatic rings. The Bertz CT molecular complexity index is 430. The zero-order valence-corrected chi connectivity index (χ0v) is 9.13. The molecular weight excluding hydrogens is 190 g/mol. The predicted octanol–water partition coefficient (Wildman–Crippen LogP) is 2.33. The predicted molar refractivity (Wildman–Crippen MR) is 57.1 cm³/mol. The average Bonchev–Trinajstić information content (AvgIpc) is 2.26. The molecule has 0 fully saturated rings. The molecule has 0 aliphatic rings. The number of Topliss-reactive ketones (excluding diaryl/α,β-unsaturated/α-hetero) is 1. The molecule has 1 rings (SSSR count). The summed E-state index contributed by atoms with van der Waals surface area (Å²) in [5, 5.41) is 8.93. The maximum absolute atomic E-state index is 11.2. The van der Waals surface area contributed by atoms with Crippen LogP contribution in [0.1, 0.15) is 35.3 Å². The van der Waals surface area contributed by atoms with Crippen LogP contribution in [0, 0.1) is 11.3 Å². The number of benzene rings is 1. The SMILES string of the molecule is CCc1cc(C(C)=O)cc(C#N)c1OC. The van der Waals surface area contributed by atoms with E-state index >= 15 is 0 Å². The standard InChI is InChI=1S/C12H13NO2/c1-4-9-5-10(8(2)14)6-11(7-13)12(9)15-3/h5-6H,4H2,1-3H3. The van der Waals surface area contributed by atoms with E-state index in [1.54, 1.807) is 12.1 Å². The molecule has 78 valence electrons. The van der Waals surface area contributed by atoms with Gasteiger partial charge in [-0.25, -0.2) is 0 Å². The minimum Gasteiger partial charge on any atom is -0.495 e. The molecule has 0 aliphatic carbocycles. The molecule has 0 amide bonds. The van der Waals surface area contributed by atoms with Crippen LogP contribution in [0.3, 0.4) is 0 Å². The van der Waals surface area contributed by atoms with Gasteiger partial charge in [0.05, 0.1) is 12.7 Å². The third-order valence-corrected chi connectivity index (χ3v) is 2.28. The summed E-state index contributed by atoms with van der Waals surface area (Å²) < 4.78 is 5.16. The molecule has 0 aliphatic heterocycles. The number of methoxy groups -OCH3 is 1. The van der Waals surface area contributed by atoms with Crippen molar-refractivity contribution < 1.29 is 9.53 Å². The van der Waals surface area contributed by atoms with Crippen LogP contribution in [0.15, 0.2) is 12.1 Å². The summed E-state index contributed by atoms with van der Waals surface area (Å²) in [6.07, 6.45) is 0.735. The molecule has 0 radical (unpaired) electrons. The van der Waals surface area contributed by atoms with Gasteiger partial charge >= 0.3 is 0 Å². The van der Waals surface area contributed by atoms with Crippen LogP contribution in [0.4, 0.5) is 0 Å². The van der Waals surface area contributed by atoms with Crippen LogP contribution in [-0.4, -0.2) is 12.9 Å². The van der Waals surface area contributed by atoms with Gasteiger partial charge in [-0.2, -0.15) is 5.26 Å². The highest BCUT2D eigenvalue weighted by Gasteiger charge is 2.11. The van der Waals surface area contributed by atoms with Crippen LogP contribution in [-0.2, 0) is 6.42 Å². The van der Waals surface area contributed by atoms with E-state index in [-0.39, 0.29) is 5.78 Å². The lowest BCUT2D eigenvalue weighted by Crippen LogP contribution is -2.00. The summed E-state index contributed by atoms with van der Waals surface area (Å²) in [7, 11) is 1.53. The molecule has 0 heterocycles.